The molecule has 0 bridgehead atoms. The highest BCUT2D eigenvalue weighted by molar-refractivity contribution is 7.71. The van der Waals surface area contributed by atoms with E-state index in [4.69, 9.17) is 17.0 Å². The number of H-pyrrole nitrogens is 1. The van der Waals surface area contributed by atoms with E-state index in [1.165, 1.54) is 0 Å². The predicted octanol–water partition coefficient (Wildman–Crippen LogP) is 2.62. The minimum atomic E-state index is 0.531. The van der Waals surface area contributed by atoms with Gasteiger partial charge in [-0.15, -0.1) is 11.3 Å². The van der Waals surface area contributed by atoms with Crippen molar-refractivity contribution in [3.05, 3.63) is 16.0 Å². The van der Waals surface area contributed by atoms with E-state index in [9.17, 15) is 0 Å². The maximum Gasteiger partial charge on any atom is 0.195 e. The molecule has 0 aliphatic heterocycles. The van der Waals surface area contributed by atoms with Gasteiger partial charge in [-0.3, -0.25) is 9.67 Å². The molecule has 0 aromatic carbocycles. The second-order valence-electron chi connectivity index (χ2n) is 3.56. The van der Waals surface area contributed by atoms with Crippen molar-refractivity contribution in [2.24, 2.45) is 0 Å². The molecule has 0 spiro atoms. The topological polar surface area (TPSA) is 55.7 Å². The van der Waals surface area contributed by atoms with Crippen LogP contribution in [0.2, 0.25) is 0 Å². The number of aromatic nitrogens is 4. The zero-order valence-corrected chi connectivity index (χ0v) is 11.4. The molecular formula is C10H14N4OS2. The number of hydrogen-bond acceptors (Lipinski definition) is 5. The first-order valence-corrected chi connectivity index (χ1v) is 6.58. The van der Waals surface area contributed by atoms with E-state index in [1.807, 2.05) is 10.8 Å². The van der Waals surface area contributed by atoms with Gasteiger partial charge in [-0.2, -0.15) is 5.10 Å². The highest BCUT2D eigenvalue weighted by atomic mass is 32.1. The molecule has 0 aliphatic rings. The minimum absolute atomic E-state index is 0.531. The lowest BCUT2D eigenvalue weighted by Gasteiger charge is -2.01. The van der Waals surface area contributed by atoms with Gasteiger partial charge < -0.3 is 4.74 Å². The van der Waals surface area contributed by atoms with Crippen LogP contribution in [-0.4, -0.2) is 26.9 Å². The molecule has 0 unspecified atom stereocenters. The summed E-state index contributed by atoms with van der Waals surface area (Å²) in [5.74, 6) is 0.858. The molecule has 0 radical (unpaired) electrons. The average Bonchev–Trinajstić information content (AvgIpc) is 2.89. The first-order valence-electron chi connectivity index (χ1n) is 5.35. The molecule has 17 heavy (non-hydrogen) atoms. The van der Waals surface area contributed by atoms with E-state index in [2.05, 4.69) is 22.1 Å². The molecule has 7 heteroatoms. The minimum Gasteiger partial charge on any atom is -0.378 e. The van der Waals surface area contributed by atoms with E-state index in [1.54, 1.807) is 18.4 Å². The average molecular weight is 270 g/mol. The van der Waals surface area contributed by atoms with Crippen LogP contribution in [0.25, 0.3) is 10.7 Å². The Kier molecular flexibility index (Phi) is 4.03. The van der Waals surface area contributed by atoms with Gasteiger partial charge in [0, 0.05) is 19.9 Å². The zero-order chi connectivity index (χ0) is 12.3. The zero-order valence-electron chi connectivity index (χ0n) is 9.77. The fourth-order valence-electron chi connectivity index (χ4n) is 1.54. The predicted molar refractivity (Wildman–Crippen MR) is 69.5 cm³/mol. The van der Waals surface area contributed by atoms with E-state index in [-0.39, 0.29) is 0 Å². The molecule has 0 atom stereocenters. The number of nitrogens with zero attached hydrogens (tertiary/aromatic N) is 3. The van der Waals surface area contributed by atoms with Gasteiger partial charge in [-0.05, 0) is 18.6 Å². The fourth-order valence-corrected chi connectivity index (χ4v) is 2.65. The molecule has 0 saturated heterocycles. The lowest BCUT2D eigenvalue weighted by atomic mass is 10.4. The Labute approximate surface area is 108 Å². The van der Waals surface area contributed by atoms with Crippen LogP contribution in [0.4, 0.5) is 0 Å². The van der Waals surface area contributed by atoms with Crippen molar-refractivity contribution in [2.75, 3.05) is 7.11 Å². The fraction of sp³-hybridized carbons (Fsp3) is 0.500. The molecule has 0 amide bonds. The SMILES string of the molecule is CCCn1c(-c2cnc(COC)s2)n[nH]c1=S. The largest absolute Gasteiger partial charge is 0.378 e. The Hall–Kier alpha value is -1.05. The summed E-state index contributed by atoms with van der Waals surface area (Å²) in [5.41, 5.74) is 0. The molecule has 1 N–H and O–H groups in total. The first kappa shape index (κ1) is 12.4. The highest BCUT2D eigenvalue weighted by Gasteiger charge is 2.11. The smallest absolute Gasteiger partial charge is 0.195 e. The van der Waals surface area contributed by atoms with Gasteiger partial charge in [0.25, 0.3) is 0 Å². The van der Waals surface area contributed by atoms with Crippen LogP contribution < -0.4 is 0 Å². The molecule has 0 fully saturated rings. The van der Waals surface area contributed by atoms with Crippen LogP contribution in [0.3, 0.4) is 0 Å². The number of rotatable bonds is 5. The van der Waals surface area contributed by atoms with Gasteiger partial charge in [0.15, 0.2) is 10.6 Å². The normalized spacial score (nSPS) is 10.9. The third-order valence-electron chi connectivity index (χ3n) is 2.25. The molecular weight excluding hydrogens is 256 g/mol. The number of nitrogens with one attached hydrogen (secondary N) is 1. The Morgan fingerprint density at radius 1 is 1.59 bits per heavy atom. The monoisotopic (exact) mass is 270 g/mol. The summed E-state index contributed by atoms with van der Waals surface area (Å²) < 4.78 is 7.71. The third-order valence-corrected chi connectivity index (χ3v) is 3.53. The summed E-state index contributed by atoms with van der Waals surface area (Å²) in [6.07, 6.45) is 2.83. The van der Waals surface area contributed by atoms with E-state index < -0.39 is 0 Å². The summed E-state index contributed by atoms with van der Waals surface area (Å²) in [4.78, 5) is 5.30. The number of aromatic amines is 1. The Balaban J connectivity index is 2.35. The molecule has 2 heterocycles. The van der Waals surface area contributed by atoms with Crippen LogP contribution in [0.15, 0.2) is 6.20 Å². The molecule has 5 nitrogen and oxygen atoms in total. The molecule has 2 rings (SSSR count). The second kappa shape index (κ2) is 5.52. The highest BCUT2D eigenvalue weighted by Crippen LogP contribution is 2.25. The molecule has 0 saturated carbocycles. The quantitative estimate of drug-likeness (QED) is 0.849. The van der Waals surface area contributed by atoms with Crippen molar-refractivity contribution in [3.8, 4) is 10.7 Å². The van der Waals surface area contributed by atoms with Crippen LogP contribution in [0, 0.1) is 4.77 Å². The number of ether oxygens (including phenoxy) is 1. The molecule has 2 aromatic heterocycles. The number of thiazole rings is 1. The molecule has 2 aromatic rings. The van der Waals surface area contributed by atoms with Crippen LogP contribution >= 0.6 is 23.6 Å². The maximum atomic E-state index is 5.20. The van der Waals surface area contributed by atoms with Crippen molar-refractivity contribution in [3.63, 3.8) is 0 Å². The van der Waals surface area contributed by atoms with E-state index in [0.29, 0.717) is 11.4 Å². The summed E-state index contributed by atoms with van der Waals surface area (Å²) in [6, 6.07) is 0. The van der Waals surface area contributed by atoms with Crippen molar-refractivity contribution in [2.45, 2.75) is 26.5 Å². The summed E-state index contributed by atoms with van der Waals surface area (Å²) >= 11 is 6.78. The second-order valence-corrected chi connectivity index (χ2v) is 5.06. The lowest BCUT2D eigenvalue weighted by molar-refractivity contribution is 0.184. The Bertz CT molecular complexity index is 542. The summed E-state index contributed by atoms with van der Waals surface area (Å²) in [6.45, 7) is 3.51. The van der Waals surface area contributed by atoms with Crippen LogP contribution in [-0.2, 0) is 17.9 Å². The van der Waals surface area contributed by atoms with Gasteiger partial charge in [0.1, 0.15) is 5.01 Å². The number of hydrogen-bond donors (Lipinski definition) is 1. The van der Waals surface area contributed by atoms with Crippen molar-refractivity contribution in [1.82, 2.24) is 19.7 Å². The van der Waals surface area contributed by atoms with Gasteiger partial charge in [-0.1, -0.05) is 6.92 Å². The van der Waals surface area contributed by atoms with Crippen LogP contribution in [0.1, 0.15) is 18.4 Å². The summed E-state index contributed by atoms with van der Waals surface area (Å²) in [7, 11) is 1.66. The standard InChI is InChI=1S/C10H14N4OS2/c1-3-4-14-9(12-13-10(14)16)7-5-11-8(17-7)6-15-2/h5H,3-4,6H2,1-2H3,(H,13,16). The number of methoxy groups -OCH3 is 1. The first-order chi connectivity index (χ1) is 8.26. The van der Waals surface area contributed by atoms with Crippen LogP contribution in [0.5, 0.6) is 0 Å². The van der Waals surface area contributed by atoms with Crippen molar-refractivity contribution in [1.29, 1.82) is 0 Å². The van der Waals surface area contributed by atoms with Gasteiger partial charge >= 0.3 is 0 Å². The van der Waals surface area contributed by atoms with E-state index in [0.717, 1.165) is 28.7 Å². The molecule has 92 valence electrons. The third kappa shape index (κ3) is 2.62. The summed E-state index contributed by atoms with van der Waals surface area (Å²) in [5, 5.41) is 8.02. The van der Waals surface area contributed by atoms with Gasteiger partial charge in [-0.25, -0.2) is 4.98 Å². The Morgan fingerprint density at radius 2 is 2.41 bits per heavy atom. The maximum absolute atomic E-state index is 5.20. The van der Waals surface area contributed by atoms with Gasteiger partial charge in [0.2, 0.25) is 0 Å². The van der Waals surface area contributed by atoms with Crippen molar-refractivity contribution >= 4 is 23.6 Å². The molecule has 0 aliphatic carbocycles. The Morgan fingerprint density at radius 3 is 3.12 bits per heavy atom. The van der Waals surface area contributed by atoms with Gasteiger partial charge in [0.05, 0.1) is 11.5 Å². The van der Waals surface area contributed by atoms with Crippen molar-refractivity contribution < 1.29 is 4.74 Å². The lowest BCUT2D eigenvalue weighted by Crippen LogP contribution is -1.98. The van der Waals surface area contributed by atoms with E-state index >= 15 is 0 Å².